The summed E-state index contributed by atoms with van der Waals surface area (Å²) in [4.78, 5) is 11.7. The molecule has 2 N–H and O–H groups in total. The maximum Gasteiger partial charge on any atom is 0.277 e. The van der Waals surface area contributed by atoms with Gasteiger partial charge in [0.2, 0.25) is 0 Å². The van der Waals surface area contributed by atoms with Crippen LogP contribution >= 0.6 is 47.8 Å². The molecule has 0 aromatic heterocycles. The number of nitrogens with one attached hydrogen (secondary N) is 1. The van der Waals surface area contributed by atoms with Gasteiger partial charge in [-0.05, 0) is 52.3 Å². The Balaban J connectivity index is 1.87. The van der Waals surface area contributed by atoms with E-state index in [1.165, 1.54) is 12.3 Å². The van der Waals surface area contributed by atoms with Crippen molar-refractivity contribution in [1.82, 2.24) is 5.43 Å². The third-order valence-electron chi connectivity index (χ3n) is 2.64. The van der Waals surface area contributed by atoms with E-state index in [0.29, 0.717) is 11.3 Å². The Morgan fingerprint density at radius 2 is 1.87 bits per heavy atom. The number of hydrogen-bond donors (Lipinski definition) is 2. The van der Waals surface area contributed by atoms with Crippen molar-refractivity contribution in [2.24, 2.45) is 5.10 Å². The Kier molecular flexibility index (Phi) is 6.61. The lowest BCUT2D eigenvalue weighted by molar-refractivity contribution is -0.123. The molecule has 0 saturated heterocycles. The van der Waals surface area contributed by atoms with Crippen LogP contribution in [0.1, 0.15) is 5.56 Å². The molecule has 0 aliphatic rings. The van der Waals surface area contributed by atoms with Crippen molar-refractivity contribution in [2.75, 3.05) is 6.61 Å². The normalized spacial score (nSPS) is 10.7. The molecule has 0 unspecified atom stereocenters. The van der Waals surface area contributed by atoms with E-state index < -0.39 is 5.91 Å². The van der Waals surface area contributed by atoms with Gasteiger partial charge in [-0.3, -0.25) is 4.79 Å². The molecule has 2 aromatic rings. The highest BCUT2D eigenvalue weighted by molar-refractivity contribution is 9.11. The number of amides is 1. The minimum Gasteiger partial charge on any atom is -0.507 e. The molecule has 0 atom stereocenters. The number of nitrogens with zero attached hydrogens (tertiary/aromatic N) is 1. The fourth-order valence-electron chi connectivity index (χ4n) is 1.57. The summed E-state index contributed by atoms with van der Waals surface area (Å²) in [7, 11) is 0. The number of phenols is 1. The van der Waals surface area contributed by atoms with Gasteiger partial charge < -0.3 is 9.84 Å². The van der Waals surface area contributed by atoms with Gasteiger partial charge in [0.25, 0.3) is 5.91 Å². The fourth-order valence-corrected chi connectivity index (χ4v) is 3.11. The van der Waals surface area contributed by atoms with E-state index in [0.717, 1.165) is 13.4 Å². The van der Waals surface area contributed by atoms with Crippen LogP contribution in [0.4, 0.5) is 0 Å². The van der Waals surface area contributed by atoms with E-state index in [-0.39, 0.29) is 12.4 Å². The average Bonchev–Trinajstić information content (AvgIpc) is 2.50. The number of hydrazone groups is 1. The summed E-state index contributed by atoms with van der Waals surface area (Å²) < 4.78 is 7.83. The Bertz CT molecular complexity index is 751. The number of ether oxygens (including phenoxy) is 1. The summed E-state index contributed by atoms with van der Waals surface area (Å²) in [5.74, 6) is 0.212. The second kappa shape index (κ2) is 8.47. The molecule has 5 nitrogen and oxygen atoms in total. The molecule has 8 heteroatoms. The van der Waals surface area contributed by atoms with Crippen molar-refractivity contribution in [3.63, 3.8) is 0 Å². The zero-order valence-electron chi connectivity index (χ0n) is 11.6. The van der Waals surface area contributed by atoms with E-state index in [4.69, 9.17) is 4.74 Å². The summed E-state index contributed by atoms with van der Waals surface area (Å²) in [5.41, 5.74) is 2.82. The Hall–Kier alpha value is -1.38. The van der Waals surface area contributed by atoms with Crippen molar-refractivity contribution >= 4 is 59.9 Å². The van der Waals surface area contributed by atoms with E-state index in [1.54, 1.807) is 18.2 Å². The predicted molar refractivity (Wildman–Crippen MR) is 98.9 cm³/mol. The molecule has 0 aliphatic carbocycles. The SMILES string of the molecule is O=C(COc1ccc(Br)cc1Br)NN=Cc1cc(Br)ccc1O. The number of benzene rings is 2. The van der Waals surface area contributed by atoms with Gasteiger partial charge in [-0.1, -0.05) is 31.9 Å². The number of phenolic OH excluding ortho intramolecular Hbond substituents is 1. The van der Waals surface area contributed by atoms with Crippen molar-refractivity contribution in [2.45, 2.75) is 0 Å². The summed E-state index contributed by atoms with van der Waals surface area (Å²) in [5, 5.41) is 13.4. The number of aromatic hydroxyl groups is 1. The second-order valence-electron chi connectivity index (χ2n) is 4.36. The van der Waals surface area contributed by atoms with Gasteiger partial charge in [-0.15, -0.1) is 0 Å². The van der Waals surface area contributed by atoms with E-state index >= 15 is 0 Å². The summed E-state index contributed by atoms with van der Waals surface area (Å²) >= 11 is 9.97. The maximum absolute atomic E-state index is 11.7. The van der Waals surface area contributed by atoms with Crippen LogP contribution in [-0.4, -0.2) is 23.8 Å². The highest BCUT2D eigenvalue weighted by Crippen LogP contribution is 2.28. The number of carbonyl (C=O) groups excluding carboxylic acids is 1. The molecule has 0 bridgehead atoms. The molecule has 23 heavy (non-hydrogen) atoms. The van der Waals surface area contributed by atoms with Gasteiger partial charge in [-0.2, -0.15) is 5.10 Å². The Labute approximate surface area is 158 Å². The minimum atomic E-state index is -0.412. The lowest BCUT2D eigenvalue weighted by Crippen LogP contribution is -2.24. The van der Waals surface area contributed by atoms with Crippen LogP contribution in [0.25, 0.3) is 0 Å². The summed E-state index contributed by atoms with van der Waals surface area (Å²) in [6.45, 7) is -0.179. The fraction of sp³-hybridized carbons (Fsp3) is 0.0667. The highest BCUT2D eigenvalue weighted by Gasteiger charge is 2.05. The Morgan fingerprint density at radius 3 is 2.61 bits per heavy atom. The average molecular weight is 507 g/mol. The van der Waals surface area contributed by atoms with Crippen LogP contribution in [0, 0.1) is 0 Å². The van der Waals surface area contributed by atoms with Crippen LogP contribution in [0.2, 0.25) is 0 Å². The zero-order valence-corrected chi connectivity index (χ0v) is 16.4. The first-order chi connectivity index (χ1) is 11.0. The molecule has 1 amide bonds. The van der Waals surface area contributed by atoms with E-state index in [2.05, 4.69) is 58.3 Å². The maximum atomic E-state index is 11.7. The van der Waals surface area contributed by atoms with Crippen molar-refractivity contribution in [3.05, 3.63) is 55.4 Å². The summed E-state index contributed by atoms with van der Waals surface area (Å²) in [6, 6.07) is 10.3. The molecule has 0 saturated carbocycles. The smallest absolute Gasteiger partial charge is 0.277 e. The number of carbonyl (C=O) groups is 1. The number of halogens is 3. The molecular formula is C15H11Br3N2O3. The van der Waals surface area contributed by atoms with Crippen molar-refractivity contribution < 1.29 is 14.6 Å². The molecule has 0 fully saturated rings. The van der Waals surface area contributed by atoms with Crippen LogP contribution in [0.5, 0.6) is 11.5 Å². The largest absolute Gasteiger partial charge is 0.507 e. The standard InChI is InChI=1S/C15H11Br3N2O3/c16-10-1-3-13(21)9(5-10)7-19-20-15(22)8-23-14-4-2-11(17)6-12(14)18/h1-7,21H,8H2,(H,20,22). The lowest BCUT2D eigenvalue weighted by atomic mass is 10.2. The quantitative estimate of drug-likeness (QED) is 0.471. The molecule has 2 rings (SSSR count). The molecule has 0 aliphatic heterocycles. The number of rotatable bonds is 5. The molecule has 0 heterocycles. The second-order valence-corrected chi connectivity index (χ2v) is 7.05. The summed E-state index contributed by atoms with van der Waals surface area (Å²) in [6.07, 6.45) is 1.35. The van der Waals surface area contributed by atoms with Gasteiger partial charge >= 0.3 is 0 Å². The third kappa shape index (κ3) is 5.63. The minimum absolute atomic E-state index is 0.0706. The van der Waals surface area contributed by atoms with Crippen LogP contribution in [0.15, 0.2) is 54.9 Å². The molecule has 120 valence electrons. The van der Waals surface area contributed by atoms with Gasteiger partial charge in [0.15, 0.2) is 6.61 Å². The molecule has 0 spiro atoms. The molecule has 0 radical (unpaired) electrons. The third-order valence-corrected chi connectivity index (χ3v) is 4.24. The first-order valence-corrected chi connectivity index (χ1v) is 8.72. The monoisotopic (exact) mass is 504 g/mol. The van der Waals surface area contributed by atoms with Gasteiger partial charge in [-0.25, -0.2) is 5.43 Å². The van der Waals surface area contributed by atoms with Crippen molar-refractivity contribution in [3.8, 4) is 11.5 Å². The van der Waals surface area contributed by atoms with Crippen LogP contribution < -0.4 is 10.2 Å². The number of hydrogen-bond acceptors (Lipinski definition) is 4. The van der Waals surface area contributed by atoms with E-state index in [1.807, 2.05) is 12.1 Å². The van der Waals surface area contributed by atoms with Gasteiger partial charge in [0.1, 0.15) is 11.5 Å². The first kappa shape index (κ1) is 18.0. The molecular weight excluding hydrogens is 496 g/mol. The lowest BCUT2D eigenvalue weighted by Gasteiger charge is -2.07. The predicted octanol–water partition coefficient (Wildman–Crippen LogP) is 4.21. The van der Waals surface area contributed by atoms with Gasteiger partial charge in [0.05, 0.1) is 10.7 Å². The first-order valence-electron chi connectivity index (χ1n) is 6.34. The molecule has 2 aromatic carbocycles. The van der Waals surface area contributed by atoms with Crippen LogP contribution in [0.3, 0.4) is 0 Å². The zero-order chi connectivity index (χ0) is 16.8. The topological polar surface area (TPSA) is 70.9 Å². The van der Waals surface area contributed by atoms with Crippen LogP contribution in [-0.2, 0) is 4.79 Å². The van der Waals surface area contributed by atoms with E-state index in [9.17, 15) is 9.90 Å². The van der Waals surface area contributed by atoms with Crippen molar-refractivity contribution in [1.29, 1.82) is 0 Å². The Morgan fingerprint density at radius 1 is 1.17 bits per heavy atom. The highest BCUT2D eigenvalue weighted by atomic mass is 79.9. The van der Waals surface area contributed by atoms with Gasteiger partial charge in [0, 0.05) is 14.5 Å².